The highest BCUT2D eigenvalue weighted by molar-refractivity contribution is 6.23. The topological polar surface area (TPSA) is 50.2 Å². The molecular formula is C36H46BrN5O. The molecule has 0 saturated carbocycles. The summed E-state index contributed by atoms with van der Waals surface area (Å²) in [6.45, 7) is 5.29. The Labute approximate surface area is 267 Å². The van der Waals surface area contributed by atoms with Crippen molar-refractivity contribution in [1.82, 2.24) is 14.9 Å². The van der Waals surface area contributed by atoms with Crippen LogP contribution in [0.4, 0.5) is 5.69 Å². The monoisotopic (exact) mass is 643 g/mol. The zero-order valence-electron chi connectivity index (χ0n) is 26.4. The van der Waals surface area contributed by atoms with Crippen LogP contribution in [-0.4, -0.2) is 67.8 Å². The van der Waals surface area contributed by atoms with Crippen molar-refractivity contribution in [2.24, 2.45) is 0 Å². The van der Waals surface area contributed by atoms with E-state index in [4.69, 9.17) is 4.98 Å². The number of fused-ring (bicyclic) bond motifs is 6. The lowest BCUT2D eigenvalue weighted by Crippen LogP contribution is -3.00. The van der Waals surface area contributed by atoms with Crippen molar-refractivity contribution < 1.29 is 26.3 Å². The van der Waals surface area contributed by atoms with Gasteiger partial charge in [0, 0.05) is 49.2 Å². The van der Waals surface area contributed by atoms with Gasteiger partial charge in [0.05, 0.1) is 31.7 Å². The molecule has 0 unspecified atom stereocenters. The molecule has 1 heterocycles. The first-order valence-electron chi connectivity index (χ1n) is 15.4. The number of unbranched alkanes of at least 4 members (excludes halogenated alkanes) is 3. The Morgan fingerprint density at radius 1 is 0.837 bits per heavy atom. The molecule has 0 fully saturated rings. The number of carbonyl (C=O) groups excluding carboxylic acids is 1. The lowest BCUT2D eigenvalue weighted by atomic mass is 10.00. The minimum atomic E-state index is 0. The molecule has 5 aromatic rings. The number of aryl methyl sites for hydroxylation is 1. The molecule has 228 valence electrons. The highest BCUT2D eigenvalue weighted by Gasteiger charge is 2.21. The van der Waals surface area contributed by atoms with Crippen molar-refractivity contribution in [3.05, 3.63) is 72.8 Å². The van der Waals surface area contributed by atoms with Gasteiger partial charge in [-0.1, -0.05) is 68.3 Å². The number of aromatic nitrogens is 2. The summed E-state index contributed by atoms with van der Waals surface area (Å²) in [5, 5.41) is 8.04. The van der Waals surface area contributed by atoms with E-state index in [0.717, 1.165) is 62.2 Å². The Hall–Kier alpha value is -3.42. The number of halogens is 1. The number of carbonyl (C=O) groups is 1. The third kappa shape index (κ3) is 7.39. The van der Waals surface area contributed by atoms with Crippen LogP contribution < -0.4 is 27.2 Å². The molecule has 0 saturated heterocycles. The van der Waals surface area contributed by atoms with Gasteiger partial charge in [0.1, 0.15) is 5.82 Å². The van der Waals surface area contributed by atoms with E-state index in [-0.39, 0.29) is 22.9 Å². The largest absolute Gasteiger partial charge is 1.00 e. The van der Waals surface area contributed by atoms with Crippen LogP contribution in [0, 0.1) is 0 Å². The number of benzene rings is 4. The lowest BCUT2D eigenvalue weighted by Gasteiger charge is -2.29. The minimum absolute atomic E-state index is 0. The molecule has 1 aromatic heterocycles. The van der Waals surface area contributed by atoms with Crippen LogP contribution in [0.5, 0.6) is 0 Å². The minimum Gasteiger partial charge on any atom is -1.00 e. The van der Waals surface area contributed by atoms with Crippen LogP contribution >= 0.6 is 0 Å². The van der Waals surface area contributed by atoms with E-state index in [1.807, 2.05) is 0 Å². The van der Waals surface area contributed by atoms with Crippen molar-refractivity contribution >= 4 is 44.2 Å². The zero-order valence-corrected chi connectivity index (χ0v) is 28.0. The van der Waals surface area contributed by atoms with Gasteiger partial charge in [-0.3, -0.25) is 4.79 Å². The highest BCUT2D eigenvalue weighted by Crippen LogP contribution is 2.37. The number of anilines is 1. The summed E-state index contributed by atoms with van der Waals surface area (Å²) in [6, 6.07) is 26.1. The van der Waals surface area contributed by atoms with Crippen LogP contribution in [0.1, 0.15) is 39.0 Å². The van der Waals surface area contributed by atoms with Gasteiger partial charge in [0.2, 0.25) is 0 Å². The number of amides is 1. The Kier molecular flexibility index (Phi) is 10.9. The van der Waals surface area contributed by atoms with E-state index in [0.29, 0.717) is 11.0 Å². The summed E-state index contributed by atoms with van der Waals surface area (Å²) < 4.78 is 3.13. The fourth-order valence-electron chi connectivity index (χ4n) is 6.05. The second kappa shape index (κ2) is 14.4. The molecule has 0 bridgehead atoms. The second-order valence-corrected chi connectivity index (χ2v) is 12.4. The molecule has 0 radical (unpaired) electrons. The summed E-state index contributed by atoms with van der Waals surface area (Å²) in [5.41, 5.74) is 4.57. The molecule has 43 heavy (non-hydrogen) atoms. The van der Waals surface area contributed by atoms with Gasteiger partial charge in [0.25, 0.3) is 5.91 Å². The van der Waals surface area contributed by atoms with E-state index >= 15 is 0 Å². The number of quaternary nitrogens is 1. The number of imidazole rings is 1. The predicted molar refractivity (Wildman–Crippen MR) is 178 cm³/mol. The Bertz CT molecular complexity index is 1670. The van der Waals surface area contributed by atoms with Crippen molar-refractivity contribution in [2.45, 2.75) is 45.6 Å². The van der Waals surface area contributed by atoms with E-state index < -0.39 is 0 Å². The molecule has 0 atom stereocenters. The molecule has 5 rings (SSSR count). The molecule has 7 heteroatoms. The molecule has 1 N–H and O–H groups in total. The van der Waals surface area contributed by atoms with Crippen LogP contribution in [0.15, 0.2) is 72.8 Å². The Balaban J connectivity index is 0.00000423. The summed E-state index contributed by atoms with van der Waals surface area (Å²) in [6.07, 6.45) is 5.42. The second-order valence-electron chi connectivity index (χ2n) is 12.4. The summed E-state index contributed by atoms with van der Waals surface area (Å²) >= 11 is 0. The normalized spacial score (nSPS) is 11.7. The average molecular weight is 645 g/mol. The van der Waals surface area contributed by atoms with E-state index in [9.17, 15) is 4.79 Å². The summed E-state index contributed by atoms with van der Waals surface area (Å²) in [4.78, 5) is 20.0. The molecule has 1 amide bonds. The predicted octanol–water partition coefficient (Wildman–Crippen LogP) is 4.24. The van der Waals surface area contributed by atoms with Gasteiger partial charge in [-0.25, -0.2) is 4.98 Å². The van der Waals surface area contributed by atoms with Gasteiger partial charge in [-0.05, 0) is 54.3 Å². The first-order chi connectivity index (χ1) is 20.3. The number of nitrogens with one attached hydrogen (secondary N) is 1. The zero-order chi connectivity index (χ0) is 29.7. The molecule has 0 aliphatic carbocycles. The van der Waals surface area contributed by atoms with Gasteiger partial charge in [-0.2, -0.15) is 0 Å². The fourth-order valence-corrected chi connectivity index (χ4v) is 6.05. The molecule has 0 aliphatic heterocycles. The van der Waals surface area contributed by atoms with Gasteiger partial charge < -0.3 is 36.2 Å². The Morgan fingerprint density at radius 3 is 2.12 bits per heavy atom. The number of rotatable bonds is 13. The first kappa shape index (κ1) is 32.5. The molecule has 6 nitrogen and oxygen atoms in total. The van der Waals surface area contributed by atoms with E-state index in [1.54, 1.807) is 0 Å². The van der Waals surface area contributed by atoms with Gasteiger partial charge in [0.15, 0.2) is 6.54 Å². The van der Waals surface area contributed by atoms with E-state index in [1.165, 1.54) is 39.2 Å². The van der Waals surface area contributed by atoms with Crippen LogP contribution in [0.25, 0.3) is 44.0 Å². The van der Waals surface area contributed by atoms with E-state index in [2.05, 4.69) is 123 Å². The van der Waals surface area contributed by atoms with Crippen molar-refractivity contribution in [3.63, 3.8) is 0 Å². The number of likely N-dealkylation sites (N-methyl/N-ethyl adjacent to an activating group) is 1. The third-order valence-electron chi connectivity index (χ3n) is 8.33. The average Bonchev–Trinajstić information content (AvgIpc) is 3.37. The van der Waals surface area contributed by atoms with Crippen LogP contribution in [0.3, 0.4) is 0 Å². The maximum atomic E-state index is 12.5. The Morgan fingerprint density at radius 2 is 1.47 bits per heavy atom. The number of nitrogens with zero attached hydrogens (tertiary/aromatic N) is 4. The fraction of sp³-hybridized carbons (Fsp3) is 0.389. The van der Waals surface area contributed by atoms with Crippen LogP contribution in [0.2, 0.25) is 0 Å². The maximum absolute atomic E-state index is 12.5. The molecular weight excluding hydrogens is 598 g/mol. The summed E-state index contributed by atoms with van der Waals surface area (Å²) in [5.74, 6) is 1.16. The van der Waals surface area contributed by atoms with Crippen molar-refractivity contribution in [3.8, 4) is 11.4 Å². The van der Waals surface area contributed by atoms with Crippen molar-refractivity contribution in [1.29, 1.82) is 0 Å². The SMILES string of the molecule is CCCCCNC(=O)C[N+](C)(C)CCCCn1c(-c2ccc(N(C)C)cc2)nc2c3ccccc3c3ccccc3c21.[Br-]. The first-order valence-corrected chi connectivity index (χ1v) is 15.4. The van der Waals surface area contributed by atoms with Gasteiger partial charge >= 0.3 is 0 Å². The maximum Gasteiger partial charge on any atom is 0.275 e. The molecule has 4 aromatic carbocycles. The van der Waals surface area contributed by atoms with Gasteiger partial charge in [-0.15, -0.1) is 0 Å². The quantitative estimate of drug-likeness (QED) is 0.119. The van der Waals surface area contributed by atoms with Crippen LogP contribution in [-0.2, 0) is 11.3 Å². The smallest absolute Gasteiger partial charge is 0.275 e. The third-order valence-corrected chi connectivity index (χ3v) is 8.33. The van der Waals surface area contributed by atoms with Crippen molar-refractivity contribution in [2.75, 3.05) is 52.7 Å². The number of hydrogen-bond acceptors (Lipinski definition) is 3. The number of hydrogen-bond donors (Lipinski definition) is 1. The lowest BCUT2D eigenvalue weighted by molar-refractivity contribution is -0.882. The molecule has 0 spiro atoms. The standard InChI is InChI=1S/C36H45N5O.BrH/c1-6-7-12-23-37-33(42)26-41(4,5)25-14-13-24-40-35-32-18-11-9-16-30(32)29-15-8-10-17-31(29)34(35)38-36(40)27-19-21-28(22-20-27)39(2)3;/h8-11,15-22H,6-7,12-14,23-26H2,1-5H3;1H. The highest BCUT2D eigenvalue weighted by atomic mass is 79.9. The molecule has 0 aliphatic rings. The summed E-state index contributed by atoms with van der Waals surface area (Å²) in [7, 11) is 8.46.